The number of hydrogen-bond acceptors (Lipinski definition) is 2. The van der Waals surface area contributed by atoms with Gasteiger partial charge in [-0.2, -0.15) is 0 Å². The molecule has 0 spiro atoms. The highest BCUT2D eigenvalue weighted by molar-refractivity contribution is 5.99. The number of H-pyrrole nitrogens is 1. The molecule has 3 heteroatoms. The summed E-state index contributed by atoms with van der Waals surface area (Å²) in [6, 6.07) is 5.82. The second-order valence-electron chi connectivity index (χ2n) is 5.90. The van der Waals surface area contributed by atoms with Crippen molar-refractivity contribution < 1.29 is 0 Å². The smallest absolute Gasteiger partial charge is 0.248 e. The van der Waals surface area contributed by atoms with Gasteiger partial charge in [-0.05, 0) is 44.9 Å². The lowest BCUT2D eigenvalue weighted by molar-refractivity contribution is 0.708. The highest BCUT2D eigenvalue weighted by Crippen LogP contribution is 2.37. The number of pyridine rings is 1. The average Bonchev–Trinajstić information content (AvgIpc) is 2.25. The number of anilines is 1. The van der Waals surface area contributed by atoms with E-state index in [4.69, 9.17) is 0 Å². The Balaban J connectivity index is 2.43. The Kier molecular flexibility index (Phi) is 2.36. The second kappa shape index (κ2) is 3.73. The second-order valence-corrected chi connectivity index (χ2v) is 5.90. The molecule has 3 rings (SSSR count). The number of allylic oxidation sites excluding steroid dienone is 1. The molecule has 0 bridgehead atoms. The van der Waals surface area contributed by atoms with E-state index in [-0.39, 0.29) is 11.1 Å². The molecule has 0 amide bonds. The van der Waals surface area contributed by atoms with Gasteiger partial charge in [-0.25, -0.2) is 0 Å². The Morgan fingerprint density at radius 2 is 1.89 bits per heavy atom. The van der Waals surface area contributed by atoms with Crippen LogP contribution in [0.15, 0.2) is 29.1 Å². The molecule has 3 nitrogen and oxygen atoms in total. The van der Waals surface area contributed by atoms with Gasteiger partial charge in [0.15, 0.2) is 0 Å². The van der Waals surface area contributed by atoms with Crippen molar-refractivity contribution in [2.24, 2.45) is 0 Å². The monoisotopic (exact) mass is 254 g/mol. The minimum Gasteiger partial charge on any atom is -0.376 e. The van der Waals surface area contributed by atoms with Gasteiger partial charge < -0.3 is 10.3 Å². The van der Waals surface area contributed by atoms with E-state index in [1.54, 1.807) is 6.07 Å². The third kappa shape index (κ3) is 1.86. The fraction of sp³-hybridized carbons (Fsp3) is 0.312. The maximum absolute atomic E-state index is 11.7. The summed E-state index contributed by atoms with van der Waals surface area (Å²) in [7, 11) is 0. The van der Waals surface area contributed by atoms with Crippen molar-refractivity contribution in [3.05, 3.63) is 45.8 Å². The lowest BCUT2D eigenvalue weighted by atomic mass is 9.89. The Labute approximate surface area is 112 Å². The molecule has 2 heterocycles. The highest BCUT2D eigenvalue weighted by Gasteiger charge is 2.24. The van der Waals surface area contributed by atoms with Gasteiger partial charge in [-0.15, -0.1) is 0 Å². The first-order chi connectivity index (χ1) is 8.87. The first kappa shape index (κ1) is 12.0. The van der Waals surface area contributed by atoms with Crippen LogP contribution in [0.25, 0.3) is 16.5 Å². The zero-order valence-corrected chi connectivity index (χ0v) is 11.7. The predicted molar refractivity (Wildman–Crippen MR) is 80.7 cm³/mol. The van der Waals surface area contributed by atoms with Crippen LogP contribution in [-0.4, -0.2) is 10.5 Å². The van der Waals surface area contributed by atoms with Crippen molar-refractivity contribution in [3.8, 4) is 0 Å². The topological polar surface area (TPSA) is 44.9 Å². The maximum Gasteiger partial charge on any atom is 0.248 e. The number of aromatic nitrogens is 1. The van der Waals surface area contributed by atoms with Crippen LogP contribution in [0.1, 0.15) is 31.9 Å². The standard InChI is InChI=1S/C16H18N2O/c1-9-7-13(19)17-15-11(9)5-6-12-14(15)10(2)8-16(3,4)18-12/h5-8,18H,1-4H3,(H,17,19). The van der Waals surface area contributed by atoms with E-state index in [0.29, 0.717) is 0 Å². The number of hydrogen-bond donors (Lipinski definition) is 2. The van der Waals surface area contributed by atoms with E-state index < -0.39 is 0 Å². The van der Waals surface area contributed by atoms with E-state index in [2.05, 4.69) is 49.3 Å². The van der Waals surface area contributed by atoms with Crippen LogP contribution in [0.4, 0.5) is 5.69 Å². The van der Waals surface area contributed by atoms with Crippen LogP contribution in [0.5, 0.6) is 0 Å². The van der Waals surface area contributed by atoms with Gasteiger partial charge in [0.05, 0.1) is 11.1 Å². The van der Waals surface area contributed by atoms with Crippen LogP contribution < -0.4 is 10.9 Å². The number of nitrogens with one attached hydrogen (secondary N) is 2. The Morgan fingerprint density at radius 3 is 2.63 bits per heavy atom. The largest absolute Gasteiger partial charge is 0.376 e. The van der Waals surface area contributed by atoms with Crippen molar-refractivity contribution in [2.45, 2.75) is 33.2 Å². The molecule has 0 aliphatic carbocycles. The minimum absolute atomic E-state index is 0.0453. The van der Waals surface area contributed by atoms with E-state index in [0.717, 1.165) is 27.7 Å². The van der Waals surface area contributed by atoms with Crippen LogP contribution in [-0.2, 0) is 0 Å². The van der Waals surface area contributed by atoms with Crippen molar-refractivity contribution in [3.63, 3.8) is 0 Å². The third-order valence-corrected chi connectivity index (χ3v) is 3.65. The minimum atomic E-state index is -0.0606. The van der Waals surface area contributed by atoms with Crippen LogP contribution in [0.3, 0.4) is 0 Å². The number of rotatable bonds is 0. The molecule has 19 heavy (non-hydrogen) atoms. The van der Waals surface area contributed by atoms with Crippen molar-refractivity contribution in [2.75, 3.05) is 5.32 Å². The van der Waals surface area contributed by atoms with Gasteiger partial charge in [-0.1, -0.05) is 12.1 Å². The van der Waals surface area contributed by atoms with E-state index in [9.17, 15) is 4.79 Å². The molecule has 0 unspecified atom stereocenters. The summed E-state index contributed by atoms with van der Waals surface area (Å²) >= 11 is 0. The van der Waals surface area contributed by atoms with Crippen LogP contribution in [0.2, 0.25) is 0 Å². The van der Waals surface area contributed by atoms with Gasteiger partial charge in [0.1, 0.15) is 0 Å². The normalized spacial score (nSPS) is 16.7. The van der Waals surface area contributed by atoms with Crippen molar-refractivity contribution >= 4 is 22.2 Å². The lowest BCUT2D eigenvalue weighted by Crippen LogP contribution is -2.31. The molecule has 98 valence electrons. The molecule has 0 saturated heterocycles. The summed E-state index contributed by atoms with van der Waals surface area (Å²) in [5.74, 6) is 0. The first-order valence-electron chi connectivity index (χ1n) is 6.52. The Hall–Kier alpha value is -2.03. The van der Waals surface area contributed by atoms with Gasteiger partial charge >= 0.3 is 0 Å². The fourth-order valence-electron chi connectivity index (χ4n) is 3.01. The summed E-state index contributed by atoms with van der Waals surface area (Å²) in [4.78, 5) is 14.7. The number of aryl methyl sites for hydroxylation is 1. The molecule has 1 aromatic heterocycles. The molecule has 1 aromatic carbocycles. The molecular formula is C16H18N2O. The predicted octanol–water partition coefficient (Wildman–Crippen LogP) is 3.44. The summed E-state index contributed by atoms with van der Waals surface area (Å²) in [6.45, 7) is 8.36. The Morgan fingerprint density at radius 1 is 1.16 bits per heavy atom. The molecule has 2 aromatic rings. The fourth-order valence-corrected chi connectivity index (χ4v) is 3.01. The van der Waals surface area contributed by atoms with E-state index >= 15 is 0 Å². The SMILES string of the molecule is CC1=CC(C)(C)Nc2ccc3c(C)cc(=O)[nH]c3c21. The molecular weight excluding hydrogens is 236 g/mol. The van der Waals surface area contributed by atoms with Gasteiger partial charge in [-0.3, -0.25) is 4.79 Å². The Bertz CT molecular complexity index is 766. The van der Waals surface area contributed by atoms with Crippen LogP contribution >= 0.6 is 0 Å². The summed E-state index contributed by atoms with van der Waals surface area (Å²) in [5, 5.41) is 4.60. The van der Waals surface area contributed by atoms with Gasteiger partial charge in [0.2, 0.25) is 5.56 Å². The molecule has 0 radical (unpaired) electrons. The summed E-state index contributed by atoms with van der Waals surface area (Å²) in [6.07, 6.45) is 2.20. The highest BCUT2D eigenvalue weighted by atomic mass is 16.1. The number of benzene rings is 1. The first-order valence-corrected chi connectivity index (χ1v) is 6.52. The summed E-state index contributed by atoms with van der Waals surface area (Å²) in [5.41, 5.74) is 5.23. The van der Waals surface area contributed by atoms with Gasteiger partial charge in [0.25, 0.3) is 0 Å². The van der Waals surface area contributed by atoms with Crippen LogP contribution in [0, 0.1) is 6.92 Å². The molecule has 2 N–H and O–H groups in total. The van der Waals surface area contributed by atoms with Gasteiger partial charge in [0, 0.05) is 22.7 Å². The zero-order valence-electron chi connectivity index (χ0n) is 11.7. The van der Waals surface area contributed by atoms with E-state index in [1.165, 1.54) is 5.57 Å². The molecule has 1 aliphatic heterocycles. The summed E-state index contributed by atoms with van der Waals surface area (Å²) < 4.78 is 0. The molecule has 0 fully saturated rings. The molecule has 1 aliphatic rings. The third-order valence-electron chi connectivity index (χ3n) is 3.65. The lowest BCUT2D eigenvalue weighted by Gasteiger charge is -2.32. The molecule has 0 saturated carbocycles. The average molecular weight is 254 g/mol. The zero-order chi connectivity index (χ0) is 13.8. The quantitative estimate of drug-likeness (QED) is 0.756. The number of fused-ring (bicyclic) bond motifs is 3. The van der Waals surface area contributed by atoms with Crippen molar-refractivity contribution in [1.82, 2.24) is 4.98 Å². The molecule has 0 atom stereocenters. The number of aromatic amines is 1. The maximum atomic E-state index is 11.7. The van der Waals surface area contributed by atoms with Crippen molar-refractivity contribution in [1.29, 1.82) is 0 Å². The van der Waals surface area contributed by atoms with E-state index in [1.807, 2.05) is 6.92 Å².